The van der Waals surface area contributed by atoms with Crippen LogP contribution in [0.25, 0.3) is 0 Å². The molecule has 2 rings (SSSR count). The lowest BCUT2D eigenvalue weighted by atomic mass is 10.2. The first-order valence-corrected chi connectivity index (χ1v) is 5.88. The standard InChI is InChI=1S/C11H13Cl2NO2.ClH/c12-9-3-7(5-14)4-10(13)11(9)16-8-1-2-15-6-8;/h3-4,8H,1-2,5-6,14H2;1H. The molecule has 96 valence electrons. The second kappa shape index (κ2) is 6.66. The van der Waals surface area contributed by atoms with Gasteiger partial charge in [0.25, 0.3) is 0 Å². The predicted molar refractivity (Wildman–Crippen MR) is 71.5 cm³/mol. The molecule has 2 N–H and O–H groups in total. The summed E-state index contributed by atoms with van der Waals surface area (Å²) in [6.07, 6.45) is 0.907. The Morgan fingerprint density at radius 3 is 2.47 bits per heavy atom. The zero-order chi connectivity index (χ0) is 11.5. The van der Waals surface area contributed by atoms with Gasteiger partial charge in [0.05, 0.1) is 23.3 Å². The van der Waals surface area contributed by atoms with Crippen molar-refractivity contribution in [1.29, 1.82) is 0 Å². The van der Waals surface area contributed by atoms with E-state index in [4.69, 9.17) is 38.4 Å². The molecule has 1 unspecified atom stereocenters. The molecule has 17 heavy (non-hydrogen) atoms. The maximum Gasteiger partial charge on any atom is 0.157 e. The lowest BCUT2D eigenvalue weighted by Gasteiger charge is -2.15. The average molecular weight is 299 g/mol. The van der Waals surface area contributed by atoms with Crippen molar-refractivity contribution in [2.45, 2.75) is 19.1 Å². The van der Waals surface area contributed by atoms with E-state index >= 15 is 0 Å². The van der Waals surface area contributed by atoms with E-state index in [-0.39, 0.29) is 18.5 Å². The van der Waals surface area contributed by atoms with Crippen LogP contribution in [0, 0.1) is 0 Å². The van der Waals surface area contributed by atoms with E-state index in [9.17, 15) is 0 Å². The molecule has 1 fully saturated rings. The number of benzene rings is 1. The Kier molecular flexibility index (Phi) is 5.83. The molecule has 0 saturated carbocycles. The van der Waals surface area contributed by atoms with Gasteiger partial charge in [-0.15, -0.1) is 12.4 Å². The number of nitrogens with two attached hydrogens (primary N) is 1. The second-order valence-electron chi connectivity index (χ2n) is 3.70. The van der Waals surface area contributed by atoms with Crippen LogP contribution in [0.2, 0.25) is 10.0 Å². The van der Waals surface area contributed by atoms with Crippen molar-refractivity contribution in [2.75, 3.05) is 13.2 Å². The maximum absolute atomic E-state index is 6.09. The fraction of sp³-hybridized carbons (Fsp3) is 0.455. The Morgan fingerprint density at radius 2 is 2.00 bits per heavy atom. The molecule has 0 amide bonds. The minimum Gasteiger partial charge on any atom is -0.485 e. The highest BCUT2D eigenvalue weighted by molar-refractivity contribution is 6.37. The summed E-state index contributed by atoms with van der Waals surface area (Å²) in [5.41, 5.74) is 6.42. The molecule has 1 saturated heterocycles. The maximum atomic E-state index is 6.09. The molecule has 0 aromatic heterocycles. The molecule has 0 aliphatic carbocycles. The molecule has 0 bridgehead atoms. The van der Waals surface area contributed by atoms with Crippen molar-refractivity contribution in [3.05, 3.63) is 27.7 Å². The zero-order valence-electron chi connectivity index (χ0n) is 9.12. The summed E-state index contributed by atoms with van der Waals surface area (Å²) in [7, 11) is 0. The SMILES string of the molecule is Cl.NCc1cc(Cl)c(OC2CCOC2)c(Cl)c1. The molecule has 6 heteroatoms. The average Bonchev–Trinajstić information content (AvgIpc) is 2.75. The van der Waals surface area contributed by atoms with E-state index in [1.807, 2.05) is 0 Å². The summed E-state index contributed by atoms with van der Waals surface area (Å²) < 4.78 is 10.9. The molecule has 3 nitrogen and oxygen atoms in total. The van der Waals surface area contributed by atoms with Gasteiger partial charge in [-0.25, -0.2) is 0 Å². The summed E-state index contributed by atoms with van der Waals surface area (Å²) in [5.74, 6) is 0.524. The van der Waals surface area contributed by atoms with E-state index < -0.39 is 0 Å². The molecule has 0 spiro atoms. The highest BCUT2D eigenvalue weighted by Gasteiger charge is 2.20. The molecule has 0 radical (unpaired) electrons. The second-order valence-corrected chi connectivity index (χ2v) is 4.51. The number of ether oxygens (including phenoxy) is 2. The first-order valence-electron chi connectivity index (χ1n) is 5.13. The third-order valence-electron chi connectivity index (χ3n) is 2.47. The van der Waals surface area contributed by atoms with Crippen molar-refractivity contribution >= 4 is 35.6 Å². The predicted octanol–water partition coefficient (Wildman–Crippen LogP) is 3.04. The molecular weight excluding hydrogens is 284 g/mol. The third-order valence-corrected chi connectivity index (χ3v) is 3.03. The van der Waals surface area contributed by atoms with Crippen molar-refractivity contribution in [2.24, 2.45) is 5.73 Å². The summed E-state index contributed by atoms with van der Waals surface area (Å²) in [4.78, 5) is 0. The normalized spacial score (nSPS) is 18.9. The van der Waals surface area contributed by atoms with Gasteiger partial charge in [0.15, 0.2) is 5.75 Å². The van der Waals surface area contributed by atoms with E-state index in [1.54, 1.807) is 12.1 Å². The van der Waals surface area contributed by atoms with Gasteiger partial charge < -0.3 is 15.2 Å². The van der Waals surface area contributed by atoms with Crippen LogP contribution in [0.15, 0.2) is 12.1 Å². The number of halogens is 3. The Bertz CT molecular complexity index is 358. The van der Waals surface area contributed by atoms with Crippen LogP contribution in [0.1, 0.15) is 12.0 Å². The molecule has 1 aromatic rings. The summed E-state index contributed by atoms with van der Waals surface area (Å²) in [5, 5.41) is 1.000. The van der Waals surface area contributed by atoms with Gasteiger partial charge >= 0.3 is 0 Å². The van der Waals surface area contributed by atoms with Crippen molar-refractivity contribution in [3.8, 4) is 5.75 Å². The number of hydrogen-bond acceptors (Lipinski definition) is 3. The van der Waals surface area contributed by atoms with Crippen LogP contribution in [0.5, 0.6) is 5.75 Å². The minimum absolute atomic E-state index is 0. The van der Waals surface area contributed by atoms with Gasteiger partial charge in [-0.1, -0.05) is 23.2 Å². The lowest BCUT2D eigenvalue weighted by molar-refractivity contribution is 0.141. The molecular formula is C11H14Cl3NO2. The van der Waals surface area contributed by atoms with Crippen molar-refractivity contribution in [1.82, 2.24) is 0 Å². The first kappa shape index (κ1) is 14.9. The van der Waals surface area contributed by atoms with Gasteiger partial charge in [-0.3, -0.25) is 0 Å². The highest BCUT2D eigenvalue weighted by atomic mass is 35.5. The quantitative estimate of drug-likeness (QED) is 0.933. The van der Waals surface area contributed by atoms with E-state index in [0.717, 1.165) is 18.6 Å². The van der Waals surface area contributed by atoms with Crippen LogP contribution in [0.4, 0.5) is 0 Å². The van der Waals surface area contributed by atoms with Crippen LogP contribution in [0.3, 0.4) is 0 Å². The fourth-order valence-corrected chi connectivity index (χ4v) is 2.24. The third kappa shape index (κ3) is 3.63. The van der Waals surface area contributed by atoms with E-state index in [2.05, 4.69) is 0 Å². The Hall–Kier alpha value is -0.190. The minimum atomic E-state index is 0. The highest BCUT2D eigenvalue weighted by Crippen LogP contribution is 2.35. The molecule has 1 aliphatic heterocycles. The van der Waals surface area contributed by atoms with Gasteiger partial charge in [0.1, 0.15) is 6.10 Å². The molecule has 1 aliphatic rings. The van der Waals surface area contributed by atoms with E-state index in [1.165, 1.54) is 0 Å². The van der Waals surface area contributed by atoms with Crippen LogP contribution in [-0.4, -0.2) is 19.3 Å². The smallest absolute Gasteiger partial charge is 0.157 e. The number of hydrogen-bond donors (Lipinski definition) is 1. The Morgan fingerprint density at radius 1 is 1.35 bits per heavy atom. The summed E-state index contributed by atoms with van der Waals surface area (Å²) in [6.45, 7) is 1.72. The van der Waals surface area contributed by atoms with Gasteiger partial charge in [-0.2, -0.15) is 0 Å². The van der Waals surface area contributed by atoms with E-state index in [0.29, 0.717) is 28.9 Å². The first-order chi connectivity index (χ1) is 7.70. The van der Waals surface area contributed by atoms with Gasteiger partial charge in [0.2, 0.25) is 0 Å². The number of rotatable bonds is 3. The van der Waals surface area contributed by atoms with Crippen molar-refractivity contribution < 1.29 is 9.47 Å². The largest absolute Gasteiger partial charge is 0.485 e. The lowest BCUT2D eigenvalue weighted by Crippen LogP contribution is -2.16. The fourth-order valence-electron chi connectivity index (χ4n) is 1.62. The zero-order valence-corrected chi connectivity index (χ0v) is 11.4. The molecule has 1 heterocycles. The van der Waals surface area contributed by atoms with Gasteiger partial charge in [0, 0.05) is 13.0 Å². The molecule has 1 aromatic carbocycles. The van der Waals surface area contributed by atoms with Crippen molar-refractivity contribution in [3.63, 3.8) is 0 Å². The Balaban J connectivity index is 0.00000144. The molecule has 1 atom stereocenters. The topological polar surface area (TPSA) is 44.5 Å². The van der Waals surface area contributed by atoms with Crippen LogP contribution < -0.4 is 10.5 Å². The summed E-state index contributed by atoms with van der Waals surface area (Å²) in [6, 6.07) is 3.55. The summed E-state index contributed by atoms with van der Waals surface area (Å²) >= 11 is 12.2. The van der Waals surface area contributed by atoms with Gasteiger partial charge in [-0.05, 0) is 17.7 Å². The van der Waals surface area contributed by atoms with Crippen LogP contribution in [-0.2, 0) is 11.3 Å². The monoisotopic (exact) mass is 297 g/mol. The Labute approximate surface area is 117 Å². The van der Waals surface area contributed by atoms with Crippen LogP contribution >= 0.6 is 35.6 Å².